The van der Waals surface area contributed by atoms with Gasteiger partial charge in [-0.2, -0.15) is 0 Å². The molecule has 2 atom stereocenters. The minimum absolute atomic E-state index is 0.756. The van der Waals surface area contributed by atoms with Gasteiger partial charge in [0.1, 0.15) is 0 Å². The van der Waals surface area contributed by atoms with Gasteiger partial charge in [-0.1, -0.05) is 36.2 Å². The predicted octanol–water partition coefficient (Wildman–Crippen LogP) is 2.89. The van der Waals surface area contributed by atoms with Crippen LogP contribution >= 0.6 is 15.9 Å². The highest BCUT2D eigenvalue weighted by molar-refractivity contribution is 9.09. The van der Waals surface area contributed by atoms with Crippen molar-refractivity contribution in [2.75, 3.05) is 19.6 Å². The molecular weight excluding hydrogens is 214 g/mol. The number of hydrogen-bond donors (Lipinski definition) is 0. The van der Waals surface area contributed by atoms with Gasteiger partial charge in [0.05, 0.1) is 0 Å². The first-order valence-electron chi connectivity index (χ1n) is 5.08. The first-order chi connectivity index (χ1) is 5.72. The Labute approximate surface area is 84.6 Å². The molecular formula is C10H20BrN. The Balaban J connectivity index is 2.14. The Morgan fingerprint density at radius 1 is 1.58 bits per heavy atom. The van der Waals surface area contributed by atoms with E-state index in [1.165, 1.54) is 38.9 Å². The summed E-state index contributed by atoms with van der Waals surface area (Å²) in [4.78, 5) is 3.34. The first kappa shape index (κ1) is 10.5. The van der Waals surface area contributed by atoms with Gasteiger partial charge < -0.3 is 4.90 Å². The van der Waals surface area contributed by atoms with Crippen molar-refractivity contribution in [3.63, 3.8) is 0 Å². The van der Waals surface area contributed by atoms with Crippen molar-refractivity contribution in [2.24, 2.45) is 5.92 Å². The molecule has 1 fully saturated rings. The minimum atomic E-state index is 0.756. The summed E-state index contributed by atoms with van der Waals surface area (Å²) >= 11 is 3.67. The van der Waals surface area contributed by atoms with Crippen LogP contribution in [0.5, 0.6) is 0 Å². The van der Waals surface area contributed by atoms with Crippen molar-refractivity contribution in [3.05, 3.63) is 0 Å². The summed E-state index contributed by atoms with van der Waals surface area (Å²) in [6.07, 6.45) is 4.04. The standard InChI is InChI=1S/C10H20BrN/c1-3-4-9(2)7-12-6-5-10(11)8-12/h9-10H,3-8H2,1-2H3. The fourth-order valence-electron chi connectivity index (χ4n) is 1.98. The van der Waals surface area contributed by atoms with E-state index in [0.717, 1.165) is 10.7 Å². The topological polar surface area (TPSA) is 3.24 Å². The minimum Gasteiger partial charge on any atom is -0.302 e. The number of alkyl halides is 1. The molecule has 2 unspecified atom stereocenters. The van der Waals surface area contributed by atoms with E-state index in [1.807, 2.05) is 0 Å². The molecule has 0 spiro atoms. The Hall–Kier alpha value is 0.440. The van der Waals surface area contributed by atoms with Crippen LogP contribution in [0.3, 0.4) is 0 Å². The third kappa shape index (κ3) is 3.44. The molecule has 0 saturated carbocycles. The third-order valence-electron chi connectivity index (χ3n) is 2.57. The quantitative estimate of drug-likeness (QED) is 0.676. The highest BCUT2D eigenvalue weighted by Crippen LogP contribution is 2.18. The van der Waals surface area contributed by atoms with E-state index < -0.39 is 0 Å². The van der Waals surface area contributed by atoms with Crippen LogP contribution in [0.1, 0.15) is 33.1 Å². The van der Waals surface area contributed by atoms with Gasteiger partial charge in [0.25, 0.3) is 0 Å². The maximum Gasteiger partial charge on any atom is 0.0285 e. The van der Waals surface area contributed by atoms with Crippen molar-refractivity contribution in [1.29, 1.82) is 0 Å². The molecule has 0 amide bonds. The summed E-state index contributed by atoms with van der Waals surface area (Å²) in [5.74, 6) is 0.882. The van der Waals surface area contributed by atoms with Crippen LogP contribution in [0.15, 0.2) is 0 Å². The molecule has 1 aliphatic heterocycles. The summed E-state index contributed by atoms with van der Waals surface area (Å²) in [7, 11) is 0. The largest absolute Gasteiger partial charge is 0.302 e. The van der Waals surface area contributed by atoms with E-state index in [-0.39, 0.29) is 0 Å². The van der Waals surface area contributed by atoms with Gasteiger partial charge in [0.15, 0.2) is 0 Å². The number of nitrogens with zero attached hydrogens (tertiary/aromatic N) is 1. The Morgan fingerprint density at radius 3 is 2.83 bits per heavy atom. The van der Waals surface area contributed by atoms with Gasteiger partial charge in [-0.05, 0) is 25.3 Å². The lowest BCUT2D eigenvalue weighted by Gasteiger charge is -2.19. The van der Waals surface area contributed by atoms with Gasteiger partial charge in [-0.25, -0.2) is 0 Å². The summed E-state index contributed by atoms with van der Waals surface area (Å²) in [5, 5.41) is 0. The fourth-order valence-corrected chi connectivity index (χ4v) is 2.59. The van der Waals surface area contributed by atoms with Crippen molar-refractivity contribution in [1.82, 2.24) is 4.90 Å². The average molecular weight is 234 g/mol. The highest BCUT2D eigenvalue weighted by Gasteiger charge is 2.20. The number of rotatable bonds is 4. The monoisotopic (exact) mass is 233 g/mol. The van der Waals surface area contributed by atoms with Gasteiger partial charge in [0, 0.05) is 17.9 Å². The van der Waals surface area contributed by atoms with Crippen molar-refractivity contribution in [3.8, 4) is 0 Å². The Morgan fingerprint density at radius 2 is 2.33 bits per heavy atom. The lowest BCUT2D eigenvalue weighted by Crippen LogP contribution is -2.26. The van der Waals surface area contributed by atoms with E-state index in [0.29, 0.717) is 0 Å². The maximum atomic E-state index is 3.67. The van der Waals surface area contributed by atoms with E-state index in [9.17, 15) is 0 Å². The second kappa shape index (κ2) is 5.23. The zero-order valence-corrected chi connectivity index (χ0v) is 9.81. The summed E-state index contributed by atoms with van der Waals surface area (Å²) in [6.45, 7) is 8.49. The highest BCUT2D eigenvalue weighted by atomic mass is 79.9. The molecule has 0 aromatic rings. The second-order valence-corrected chi connectivity index (χ2v) is 5.33. The van der Waals surface area contributed by atoms with Crippen LogP contribution in [0.25, 0.3) is 0 Å². The molecule has 0 N–H and O–H groups in total. The number of halogens is 1. The van der Waals surface area contributed by atoms with Crippen molar-refractivity contribution >= 4 is 15.9 Å². The normalized spacial score (nSPS) is 27.8. The second-order valence-electron chi connectivity index (χ2n) is 4.04. The molecule has 1 aliphatic rings. The molecule has 0 aromatic heterocycles. The van der Waals surface area contributed by atoms with Gasteiger partial charge in [-0.15, -0.1) is 0 Å². The zero-order valence-electron chi connectivity index (χ0n) is 8.22. The molecule has 1 heterocycles. The molecule has 1 nitrogen and oxygen atoms in total. The first-order valence-corrected chi connectivity index (χ1v) is 6.00. The van der Waals surface area contributed by atoms with Gasteiger partial charge in [-0.3, -0.25) is 0 Å². The molecule has 12 heavy (non-hydrogen) atoms. The summed E-state index contributed by atoms with van der Waals surface area (Å²) in [6, 6.07) is 0. The lowest BCUT2D eigenvalue weighted by molar-refractivity contribution is 0.280. The SMILES string of the molecule is CCCC(C)CN1CCC(Br)C1. The van der Waals surface area contributed by atoms with Gasteiger partial charge in [0.2, 0.25) is 0 Å². The fraction of sp³-hybridized carbons (Fsp3) is 1.00. The smallest absolute Gasteiger partial charge is 0.0285 e. The van der Waals surface area contributed by atoms with E-state index >= 15 is 0 Å². The third-order valence-corrected chi connectivity index (χ3v) is 3.31. The molecule has 0 aromatic carbocycles. The number of likely N-dealkylation sites (tertiary alicyclic amines) is 1. The van der Waals surface area contributed by atoms with Crippen LogP contribution in [-0.2, 0) is 0 Å². The molecule has 0 bridgehead atoms. The van der Waals surface area contributed by atoms with E-state index in [2.05, 4.69) is 34.7 Å². The van der Waals surface area contributed by atoms with Crippen LogP contribution in [-0.4, -0.2) is 29.4 Å². The Bertz CT molecular complexity index is 127. The molecule has 0 radical (unpaired) electrons. The maximum absolute atomic E-state index is 3.67. The summed E-state index contributed by atoms with van der Waals surface area (Å²) in [5.41, 5.74) is 0. The molecule has 1 rings (SSSR count). The molecule has 1 saturated heterocycles. The lowest BCUT2D eigenvalue weighted by atomic mass is 10.1. The molecule has 72 valence electrons. The van der Waals surface area contributed by atoms with Crippen molar-refractivity contribution in [2.45, 2.75) is 37.9 Å². The number of hydrogen-bond acceptors (Lipinski definition) is 1. The van der Waals surface area contributed by atoms with E-state index in [1.54, 1.807) is 0 Å². The summed E-state index contributed by atoms with van der Waals surface area (Å²) < 4.78 is 0. The van der Waals surface area contributed by atoms with Crippen LogP contribution in [0, 0.1) is 5.92 Å². The van der Waals surface area contributed by atoms with Crippen molar-refractivity contribution < 1.29 is 0 Å². The van der Waals surface area contributed by atoms with Gasteiger partial charge >= 0.3 is 0 Å². The van der Waals surface area contributed by atoms with Crippen LogP contribution in [0.4, 0.5) is 0 Å². The average Bonchev–Trinajstić information content (AvgIpc) is 2.36. The molecule has 2 heteroatoms. The Kier molecular flexibility index (Phi) is 4.59. The molecule has 0 aliphatic carbocycles. The zero-order chi connectivity index (χ0) is 8.97. The van der Waals surface area contributed by atoms with Crippen LogP contribution in [0.2, 0.25) is 0 Å². The van der Waals surface area contributed by atoms with Crippen LogP contribution < -0.4 is 0 Å². The predicted molar refractivity (Wildman–Crippen MR) is 57.8 cm³/mol. The van der Waals surface area contributed by atoms with E-state index in [4.69, 9.17) is 0 Å².